The van der Waals surface area contributed by atoms with Gasteiger partial charge < -0.3 is 15.3 Å². The van der Waals surface area contributed by atoms with Crippen LogP contribution in [0.4, 0.5) is 9.18 Å². The maximum Gasteiger partial charge on any atom is 0.407 e. The summed E-state index contributed by atoms with van der Waals surface area (Å²) in [5.74, 6) is -0.511. The number of pyridine rings is 1. The van der Waals surface area contributed by atoms with Crippen molar-refractivity contribution in [1.29, 1.82) is 0 Å². The molecule has 1 aliphatic heterocycles. The number of hydrogen-bond acceptors (Lipinski definition) is 3. The average Bonchev–Trinajstić information content (AvgIpc) is 2.72. The summed E-state index contributed by atoms with van der Waals surface area (Å²) in [4.78, 5) is 31.1. The van der Waals surface area contributed by atoms with Gasteiger partial charge in [0, 0.05) is 18.8 Å². The van der Waals surface area contributed by atoms with Gasteiger partial charge in [0.05, 0.1) is 17.2 Å². The lowest BCUT2D eigenvalue weighted by Gasteiger charge is -2.48. The second-order valence-corrected chi connectivity index (χ2v) is 9.59. The van der Waals surface area contributed by atoms with E-state index in [0.717, 1.165) is 5.56 Å². The summed E-state index contributed by atoms with van der Waals surface area (Å²) in [5.41, 5.74) is 0.336. The lowest BCUT2D eigenvalue weighted by atomic mass is 9.69. The fraction of sp³-hybridized carbons (Fsp3) is 0.458. The van der Waals surface area contributed by atoms with Gasteiger partial charge in [-0.1, -0.05) is 45.9 Å². The molecule has 2 aromatic rings. The van der Waals surface area contributed by atoms with Crippen LogP contribution in [0, 0.1) is 16.6 Å². The Morgan fingerprint density at radius 2 is 1.90 bits per heavy atom. The molecule has 166 valence electrons. The molecule has 1 aliphatic rings. The number of benzene rings is 1. The highest BCUT2D eigenvalue weighted by molar-refractivity contribution is 5.83. The van der Waals surface area contributed by atoms with Gasteiger partial charge in [-0.15, -0.1) is 0 Å². The lowest BCUT2D eigenvalue weighted by Crippen LogP contribution is -2.57. The van der Waals surface area contributed by atoms with Crippen LogP contribution in [0.3, 0.4) is 0 Å². The summed E-state index contributed by atoms with van der Waals surface area (Å²) in [6, 6.07) is 10.6. The number of carbonyl (C=O) groups excluding carboxylic acids is 1. The van der Waals surface area contributed by atoms with Crippen LogP contribution in [0.2, 0.25) is 0 Å². The SMILES string of the molecule is CC1(C(=O)NC(c2ccc(F)cc2)c2ccccn2)CCN(C(=O)O)C(C(C)(C)C)C1. The van der Waals surface area contributed by atoms with Gasteiger partial charge in [0.25, 0.3) is 0 Å². The molecule has 3 atom stereocenters. The van der Waals surface area contributed by atoms with Gasteiger partial charge in [0.1, 0.15) is 5.82 Å². The molecule has 6 nitrogen and oxygen atoms in total. The quantitative estimate of drug-likeness (QED) is 0.746. The van der Waals surface area contributed by atoms with Gasteiger partial charge in [-0.3, -0.25) is 9.78 Å². The van der Waals surface area contributed by atoms with Crippen molar-refractivity contribution in [3.63, 3.8) is 0 Å². The summed E-state index contributed by atoms with van der Waals surface area (Å²) in [6.07, 6.45) is 1.55. The molecule has 1 saturated heterocycles. The minimum atomic E-state index is -0.958. The van der Waals surface area contributed by atoms with Crippen molar-refractivity contribution in [1.82, 2.24) is 15.2 Å². The largest absolute Gasteiger partial charge is 0.465 e. The highest BCUT2D eigenvalue weighted by atomic mass is 19.1. The van der Waals surface area contributed by atoms with Gasteiger partial charge >= 0.3 is 6.09 Å². The highest BCUT2D eigenvalue weighted by Crippen LogP contribution is 2.42. The number of nitrogens with zero attached hydrogens (tertiary/aromatic N) is 2. The first kappa shape index (κ1) is 22.7. The van der Waals surface area contributed by atoms with Crippen molar-refractivity contribution in [2.75, 3.05) is 6.54 Å². The summed E-state index contributed by atoms with van der Waals surface area (Å²) in [7, 11) is 0. The summed E-state index contributed by atoms with van der Waals surface area (Å²) >= 11 is 0. The van der Waals surface area contributed by atoms with Crippen molar-refractivity contribution < 1.29 is 19.1 Å². The van der Waals surface area contributed by atoms with E-state index < -0.39 is 17.6 Å². The normalized spacial score (nSPS) is 22.6. The Bertz CT molecular complexity index is 927. The smallest absolute Gasteiger partial charge is 0.407 e. The van der Waals surface area contributed by atoms with Crippen LogP contribution in [-0.4, -0.2) is 39.6 Å². The Morgan fingerprint density at radius 1 is 1.23 bits per heavy atom. The minimum Gasteiger partial charge on any atom is -0.465 e. The van der Waals surface area contributed by atoms with E-state index in [4.69, 9.17) is 0 Å². The molecule has 2 N–H and O–H groups in total. The Balaban J connectivity index is 1.89. The van der Waals surface area contributed by atoms with Crippen LogP contribution in [0.5, 0.6) is 0 Å². The molecule has 2 heterocycles. The third-order valence-corrected chi connectivity index (χ3v) is 6.18. The number of hydrogen-bond donors (Lipinski definition) is 2. The Hall–Kier alpha value is -2.96. The van der Waals surface area contributed by atoms with Crippen LogP contribution >= 0.6 is 0 Å². The minimum absolute atomic E-state index is 0.160. The van der Waals surface area contributed by atoms with E-state index in [1.807, 2.05) is 39.8 Å². The molecular weight excluding hydrogens is 397 g/mol. The Kier molecular flexibility index (Phi) is 6.34. The van der Waals surface area contributed by atoms with E-state index >= 15 is 0 Å². The fourth-order valence-electron chi connectivity index (χ4n) is 4.21. The first-order valence-electron chi connectivity index (χ1n) is 10.5. The summed E-state index contributed by atoms with van der Waals surface area (Å²) in [6.45, 7) is 8.16. The molecule has 0 spiro atoms. The van der Waals surface area contributed by atoms with E-state index in [-0.39, 0.29) is 23.2 Å². The van der Waals surface area contributed by atoms with Crippen molar-refractivity contribution >= 4 is 12.0 Å². The first-order valence-corrected chi connectivity index (χ1v) is 10.5. The molecular formula is C24H30FN3O3. The van der Waals surface area contributed by atoms with E-state index in [1.54, 1.807) is 24.4 Å². The summed E-state index contributed by atoms with van der Waals surface area (Å²) < 4.78 is 13.5. The van der Waals surface area contributed by atoms with Gasteiger partial charge in [0.15, 0.2) is 0 Å². The Labute approximate surface area is 182 Å². The summed E-state index contributed by atoms with van der Waals surface area (Å²) in [5, 5.41) is 12.7. The Morgan fingerprint density at radius 3 is 2.45 bits per heavy atom. The number of nitrogens with one attached hydrogen (secondary N) is 1. The molecule has 0 saturated carbocycles. The van der Waals surface area contributed by atoms with Crippen LogP contribution in [0.1, 0.15) is 57.8 Å². The van der Waals surface area contributed by atoms with E-state index in [2.05, 4.69) is 10.3 Å². The number of halogens is 1. The van der Waals surface area contributed by atoms with Gasteiger partial charge in [-0.05, 0) is 48.1 Å². The molecule has 7 heteroatoms. The first-order chi connectivity index (χ1) is 14.5. The highest BCUT2D eigenvalue weighted by Gasteiger charge is 2.47. The maximum atomic E-state index is 13.5. The molecule has 3 rings (SSSR count). The molecule has 0 bridgehead atoms. The predicted molar refractivity (Wildman–Crippen MR) is 116 cm³/mol. The van der Waals surface area contributed by atoms with Crippen molar-refractivity contribution in [2.24, 2.45) is 10.8 Å². The van der Waals surface area contributed by atoms with Crippen molar-refractivity contribution in [3.8, 4) is 0 Å². The van der Waals surface area contributed by atoms with Gasteiger partial charge in [-0.2, -0.15) is 0 Å². The number of piperidine rings is 1. The van der Waals surface area contributed by atoms with E-state index in [9.17, 15) is 19.1 Å². The zero-order valence-electron chi connectivity index (χ0n) is 18.4. The van der Waals surface area contributed by atoms with Crippen LogP contribution in [0.15, 0.2) is 48.7 Å². The molecule has 1 aromatic carbocycles. The molecule has 3 unspecified atom stereocenters. The number of carboxylic acid groups (broad SMARTS) is 1. The number of likely N-dealkylation sites (tertiary alicyclic amines) is 1. The third kappa shape index (κ3) is 5.03. The zero-order valence-corrected chi connectivity index (χ0v) is 18.4. The number of carbonyl (C=O) groups is 2. The molecule has 0 aliphatic carbocycles. The topological polar surface area (TPSA) is 82.5 Å². The molecule has 0 radical (unpaired) electrons. The second kappa shape index (κ2) is 8.65. The molecule has 31 heavy (non-hydrogen) atoms. The maximum absolute atomic E-state index is 13.5. The number of amides is 2. The average molecular weight is 428 g/mol. The van der Waals surface area contributed by atoms with Crippen LogP contribution < -0.4 is 5.32 Å². The lowest BCUT2D eigenvalue weighted by molar-refractivity contribution is -0.135. The fourth-order valence-corrected chi connectivity index (χ4v) is 4.21. The third-order valence-electron chi connectivity index (χ3n) is 6.18. The van der Waals surface area contributed by atoms with E-state index in [1.165, 1.54) is 17.0 Å². The van der Waals surface area contributed by atoms with Gasteiger partial charge in [-0.25, -0.2) is 9.18 Å². The van der Waals surface area contributed by atoms with Crippen LogP contribution in [-0.2, 0) is 4.79 Å². The molecule has 2 amide bonds. The van der Waals surface area contributed by atoms with E-state index in [0.29, 0.717) is 25.1 Å². The number of aromatic nitrogens is 1. The van der Waals surface area contributed by atoms with Crippen molar-refractivity contribution in [3.05, 3.63) is 65.7 Å². The zero-order chi connectivity index (χ0) is 22.8. The van der Waals surface area contributed by atoms with Gasteiger partial charge in [0.2, 0.25) is 5.91 Å². The monoisotopic (exact) mass is 427 g/mol. The standard InChI is InChI=1S/C24H30FN3O3/c1-23(2,3)19-15-24(4,12-14-28(19)22(30)31)21(29)27-20(18-7-5-6-13-26-18)16-8-10-17(25)11-9-16/h5-11,13,19-20H,12,14-15H2,1-4H3,(H,27,29)(H,30,31). The predicted octanol–water partition coefficient (Wildman–Crippen LogP) is 4.62. The van der Waals surface area contributed by atoms with Crippen LogP contribution in [0.25, 0.3) is 0 Å². The molecule has 1 fully saturated rings. The molecule has 1 aromatic heterocycles. The second-order valence-electron chi connectivity index (χ2n) is 9.59. The number of rotatable bonds is 4. The van der Waals surface area contributed by atoms with Crippen molar-refractivity contribution in [2.45, 2.75) is 52.6 Å².